The fraction of sp³-hybridized carbons (Fsp3) is 0.364. The molecule has 6 nitrogen and oxygen atoms in total. The number of nitrogens with two attached hydrogens (primary N) is 1. The monoisotopic (exact) mass is 271 g/mol. The fourth-order valence-electron chi connectivity index (χ4n) is 1.28. The van der Waals surface area contributed by atoms with Crippen LogP contribution in [-0.4, -0.2) is 26.6 Å². The van der Waals surface area contributed by atoms with E-state index in [2.05, 4.69) is 4.72 Å². The van der Waals surface area contributed by atoms with Gasteiger partial charge >= 0.3 is 0 Å². The van der Waals surface area contributed by atoms with Crippen molar-refractivity contribution in [3.8, 4) is 5.75 Å². The molecule has 1 aromatic carbocycles. The second-order valence-corrected chi connectivity index (χ2v) is 5.60. The standard InChI is InChI=1S/C11H17N3O3S/c1-2-7-18(15,16)14-9-3-5-10(6-4-9)17-8-11(12)13/h3-6,14H,2,7-8H2,1H3,(H3,12,13). The first-order valence-corrected chi connectivity index (χ1v) is 7.14. The summed E-state index contributed by atoms with van der Waals surface area (Å²) < 4.78 is 30.7. The van der Waals surface area contributed by atoms with Gasteiger partial charge in [0.05, 0.1) is 5.75 Å². The fourth-order valence-corrected chi connectivity index (χ4v) is 2.41. The Bertz CT molecular complexity index is 497. The highest BCUT2D eigenvalue weighted by Crippen LogP contribution is 2.16. The quantitative estimate of drug-likeness (QED) is 0.511. The summed E-state index contributed by atoms with van der Waals surface area (Å²) in [6.45, 7) is 1.82. The van der Waals surface area contributed by atoms with Crippen molar-refractivity contribution in [2.24, 2.45) is 5.73 Å². The number of benzene rings is 1. The molecule has 0 spiro atoms. The molecule has 0 aliphatic carbocycles. The van der Waals surface area contributed by atoms with Gasteiger partial charge in [-0.3, -0.25) is 10.1 Å². The molecule has 0 fully saturated rings. The van der Waals surface area contributed by atoms with Crippen molar-refractivity contribution in [2.45, 2.75) is 13.3 Å². The molecule has 0 aliphatic heterocycles. The van der Waals surface area contributed by atoms with Crippen LogP contribution in [0.5, 0.6) is 5.75 Å². The largest absolute Gasteiger partial charge is 0.486 e. The summed E-state index contributed by atoms with van der Waals surface area (Å²) in [7, 11) is -3.27. The van der Waals surface area contributed by atoms with E-state index in [9.17, 15) is 8.42 Å². The minimum Gasteiger partial charge on any atom is -0.486 e. The second kappa shape index (κ2) is 6.25. The van der Waals surface area contributed by atoms with Crippen molar-refractivity contribution in [1.82, 2.24) is 0 Å². The molecule has 0 bridgehead atoms. The van der Waals surface area contributed by atoms with Crippen molar-refractivity contribution in [1.29, 1.82) is 5.41 Å². The molecule has 0 aromatic heterocycles. The van der Waals surface area contributed by atoms with E-state index in [-0.39, 0.29) is 18.2 Å². The predicted molar refractivity (Wildman–Crippen MR) is 71.6 cm³/mol. The SMILES string of the molecule is CCCS(=O)(=O)Nc1ccc(OCC(=N)N)cc1. The van der Waals surface area contributed by atoms with E-state index in [1.54, 1.807) is 31.2 Å². The van der Waals surface area contributed by atoms with Gasteiger partial charge in [-0.05, 0) is 30.7 Å². The maximum Gasteiger partial charge on any atom is 0.232 e. The van der Waals surface area contributed by atoms with Crippen LogP contribution in [0.15, 0.2) is 24.3 Å². The Morgan fingerprint density at radius 3 is 2.50 bits per heavy atom. The van der Waals surface area contributed by atoms with Crippen molar-refractivity contribution in [2.75, 3.05) is 17.1 Å². The molecule has 0 heterocycles. The molecule has 4 N–H and O–H groups in total. The zero-order chi connectivity index (χ0) is 13.6. The molecule has 0 aliphatic rings. The molecule has 0 atom stereocenters. The van der Waals surface area contributed by atoms with E-state index in [4.69, 9.17) is 15.9 Å². The molecule has 0 saturated carbocycles. The van der Waals surface area contributed by atoms with E-state index in [1.807, 2.05) is 0 Å². The minimum absolute atomic E-state index is 0.0148. The molecule has 18 heavy (non-hydrogen) atoms. The smallest absolute Gasteiger partial charge is 0.232 e. The maximum absolute atomic E-state index is 11.5. The maximum atomic E-state index is 11.5. The van der Waals surface area contributed by atoms with Crippen LogP contribution in [0.1, 0.15) is 13.3 Å². The first-order chi connectivity index (χ1) is 8.43. The number of anilines is 1. The van der Waals surface area contributed by atoms with Crippen molar-refractivity contribution in [3.05, 3.63) is 24.3 Å². The van der Waals surface area contributed by atoms with Crippen LogP contribution in [0, 0.1) is 5.41 Å². The van der Waals surface area contributed by atoms with Gasteiger partial charge in [-0.1, -0.05) is 6.92 Å². The van der Waals surface area contributed by atoms with E-state index in [0.29, 0.717) is 17.9 Å². The van der Waals surface area contributed by atoms with Gasteiger partial charge in [-0.15, -0.1) is 0 Å². The average Bonchev–Trinajstić information content (AvgIpc) is 2.27. The molecule has 100 valence electrons. The Morgan fingerprint density at radius 1 is 1.39 bits per heavy atom. The number of rotatable bonds is 7. The van der Waals surface area contributed by atoms with Crippen LogP contribution in [0.2, 0.25) is 0 Å². The van der Waals surface area contributed by atoms with E-state index >= 15 is 0 Å². The molecule has 0 saturated heterocycles. The average molecular weight is 271 g/mol. The Morgan fingerprint density at radius 2 is 2.00 bits per heavy atom. The highest BCUT2D eigenvalue weighted by Gasteiger charge is 2.08. The van der Waals surface area contributed by atoms with E-state index in [0.717, 1.165) is 0 Å². The Labute approximate surface area is 107 Å². The van der Waals surface area contributed by atoms with Gasteiger partial charge in [0.2, 0.25) is 10.0 Å². The molecule has 0 unspecified atom stereocenters. The molecule has 1 aromatic rings. The summed E-state index contributed by atoms with van der Waals surface area (Å²) in [5, 5.41) is 7.01. The summed E-state index contributed by atoms with van der Waals surface area (Å²) in [6.07, 6.45) is 0.565. The number of hydrogen-bond donors (Lipinski definition) is 3. The van der Waals surface area contributed by atoms with Crippen LogP contribution < -0.4 is 15.2 Å². The van der Waals surface area contributed by atoms with Gasteiger partial charge in [0.15, 0.2) is 0 Å². The highest BCUT2D eigenvalue weighted by atomic mass is 32.2. The number of sulfonamides is 1. The summed E-state index contributed by atoms with van der Waals surface area (Å²) in [4.78, 5) is 0. The van der Waals surface area contributed by atoms with Crippen LogP contribution in [0.3, 0.4) is 0 Å². The van der Waals surface area contributed by atoms with Crippen molar-refractivity contribution < 1.29 is 13.2 Å². The Balaban J connectivity index is 2.63. The summed E-state index contributed by atoms with van der Waals surface area (Å²) >= 11 is 0. The molecular formula is C11H17N3O3S. The number of amidine groups is 1. The van der Waals surface area contributed by atoms with E-state index in [1.165, 1.54) is 0 Å². The van der Waals surface area contributed by atoms with Crippen LogP contribution in [0.4, 0.5) is 5.69 Å². The topological polar surface area (TPSA) is 105 Å². The van der Waals surface area contributed by atoms with Gasteiger partial charge in [0, 0.05) is 5.69 Å². The van der Waals surface area contributed by atoms with E-state index < -0.39 is 10.0 Å². The summed E-state index contributed by atoms with van der Waals surface area (Å²) in [5.41, 5.74) is 5.64. The third kappa shape index (κ3) is 5.05. The number of ether oxygens (including phenoxy) is 1. The minimum atomic E-state index is -3.27. The third-order valence-electron chi connectivity index (χ3n) is 1.99. The Hall–Kier alpha value is -1.76. The zero-order valence-corrected chi connectivity index (χ0v) is 11.0. The summed E-state index contributed by atoms with van der Waals surface area (Å²) in [6, 6.07) is 6.44. The normalized spacial score (nSPS) is 10.9. The number of hydrogen-bond acceptors (Lipinski definition) is 4. The molecular weight excluding hydrogens is 254 g/mol. The predicted octanol–water partition coefficient (Wildman–Crippen LogP) is 1.15. The van der Waals surface area contributed by atoms with Crippen LogP contribution in [0.25, 0.3) is 0 Å². The lowest BCUT2D eigenvalue weighted by molar-refractivity contribution is 0.374. The van der Waals surface area contributed by atoms with Gasteiger partial charge in [0.1, 0.15) is 18.2 Å². The van der Waals surface area contributed by atoms with Crippen LogP contribution >= 0.6 is 0 Å². The van der Waals surface area contributed by atoms with Gasteiger partial charge < -0.3 is 10.5 Å². The number of nitrogens with one attached hydrogen (secondary N) is 2. The van der Waals surface area contributed by atoms with Crippen molar-refractivity contribution >= 4 is 21.5 Å². The highest BCUT2D eigenvalue weighted by molar-refractivity contribution is 7.92. The van der Waals surface area contributed by atoms with Gasteiger partial charge in [-0.25, -0.2) is 8.42 Å². The first kappa shape index (κ1) is 14.3. The lowest BCUT2D eigenvalue weighted by Crippen LogP contribution is -2.19. The molecule has 1 rings (SSSR count). The first-order valence-electron chi connectivity index (χ1n) is 5.49. The summed E-state index contributed by atoms with van der Waals surface area (Å²) in [5.74, 6) is 0.557. The van der Waals surface area contributed by atoms with Crippen molar-refractivity contribution in [3.63, 3.8) is 0 Å². The molecule has 0 amide bonds. The van der Waals surface area contributed by atoms with Gasteiger partial charge in [0.25, 0.3) is 0 Å². The molecule has 0 radical (unpaired) electrons. The zero-order valence-electron chi connectivity index (χ0n) is 10.1. The lowest BCUT2D eigenvalue weighted by Gasteiger charge is -2.08. The Kier molecular flexibility index (Phi) is 4.96. The second-order valence-electron chi connectivity index (χ2n) is 3.76. The van der Waals surface area contributed by atoms with Crippen LogP contribution in [-0.2, 0) is 10.0 Å². The molecule has 7 heteroatoms. The third-order valence-corrected chi connectivity index (χ3v) is 3.49. The lowest BCUT2D eigenvalue weighted by atomic mass is 10.3. The van der Waals surface area contributed by atoms with Gasteiger partial charge in [-0.2, -0.15) is 0 Å².